The quantitative estimate of drug-likeness (QED) is 0.846. The molecule has 5 atom stereocenters. The van der Waals surface area contributed by atoms with Crippen LogP contribution in [0.25, 0.3) is 0 Å². The minimum Gasteiger partial charge on any atom is -0.384 e. The van der Waals surface area contributed by atoms with Gasteiger partial charge in [-0.15, -0.1) is 0 Å². The number of nitrogens with one attached hydrogen (secondary N) is 1. The molecule has 0 radical (unpaired) electrons. The van der Waals surface area contributed by atoms with Crippen LogP contribution < -0.4 is 5.32 Å². The summed E-state index contributed by atoms with van der Waals surface area (Å²) in [4.78, 5) is 14.1. The van der Waals surface area contributed by atoms with Gasteiger partial charge in [-0.1, -0.05) is 6.42 Å². The van der Waals surface area contributed by atoms with Crippen molar-refractivity contribution in [2.75, 3.05) is 26.8 Å². The highest BCUT2D eigenvalue weighted by molar-refractivity contribution is 5.76. The van der Waals surface area contributed by atoms with Crippen LogP contribution in [0.2, 0.25) is 0 Å². The molecule has 4 rings (SSSR count). The number of ether oxygens (including phenoxy) is 1. The number of piperidine rings is 1. The summed E-state index contributed by atoms with van der Waals surface area (Å²) >= 11 is 0. The van der Waals surface area contributed by atoms with Gasteiger partial charge >= 0.3 is 0 Å². The second kappa shape index (κ2) is 6.72. The number of carbonyl (C=O) groups is 1. The van der Waals surface area contributed by atoms with Crippen molar-refractivity contribution in [3.05, 3.63) is 0 Å². The fourth-order valence-corrected chi connectivity index (χ4v) is 6.21. The highest BCUT2D eigenvalue weighted by Gasteiger charge is 2.53. The largest absolute Gasteiger partial charge is 0.384 e. The fraction of sp³-hybridized carbons (Fsp3) is 0.947. The van der Waals surface area contributed by atoms with Gasteiger partial charge in [0.05, 0.1) is 13.0 Å². The zero-order chi connectivity index (χ0) is 15.8. The van der Waals surface area contributed by atoms with E-state index in [1.165, 1.54) is 32.1 Å². The number of methoxy groups -OCH3 is 1. The predicted molar refractivity (Wildman–Crippen MR) is 90.1 cm³/mol. The lowest BCUT2D eigenvalue weighted by atomic mass is 9.78. The van der Waals surface area contributed by atoms with E-state index in [0.717, 1.165) is 55.6 Å². The number of fused-ring (bicyclic) bond motifs is 5. The van der Waals surface area contributed by atoms with Gasteiger partial charge in [-0.05, 0) is 62.2 Å². The van der Waals surface area contributed by atoms with Crippen LogP contribution in [0.15, 0.2) is 0 Å². The standard InChI is InChI=1S/C19H32N2O2/c1-23-10-7-19(22)21-8-5-14(6-9-21)20-18-12-13-11-17(18)16-4-2-3-15(13)16/h13-18,20H,2-12H2,1H3/t13-,15-,16-,17+,18-/m1/s1. The molecule has 23 heavy (non-hydrogen) atoms. The summed E-state index contributed by atoms with van der Waals surface area (Å²) in [5, 5.41) is 4.00. The Balaban J connectivity index is 1.24. The molecule has 1 amide bonds. The van der Waals surface area contributed by atoms with Crippen molar-refractivity contribution >= 4 is 5.91 Å². The van der Waals surface area contributed by atoms with Crippen LogP contribution in [0, 0.1) is 23.7 Å². The van der Waals surface area contributed by atoms with E-state index >= 15 is 0 Å². The van der Waals surface area contributed by atoms with Gasteiger partial charge in [-0.25, -0.2) is 0 Å². The van der Waals surface area contributed by atoms with Crippen molar-refractivity contribution in [3.8, 4) is 0 Å². The van der Waals surface area contributed by atoms with Crippen molar-refractivity contribution in [1.82, 2.24) is 10.2 Å². The molecule has 3 aliphatic carbocycles. The van der Waals surface area contributed by atoms with E-state index in [1.54, 1.807) is 7.11 Å². The third-order valence-corrected chi connectivity index (χ3v) is 7.25. The van der Waals surface area contributed by atoms with Crippen molar-refractivity contribution in [1.29, 1.82) is 0 Å². The maximum atomic E-state index is 12.1. The van der Waals surface area contributed by atoms with Crippen molar-refractivity contribution in [2.45, 2.75) is 63.5 Å². The van der Waals surface area contributed by atoms with E-state index in [2.05, 4.69) is 5.32 Å². The topological polar surface area (TPSA) is 41.6 Å². The molecule has 1 aliphatic heterocycles. The lowest BCUT2D eigenvalue weighted by molar-refractivity contribution is -0.133. The predicted octanol–water partition coefficient (Wildman–Crippen LogP) is 2.43. The van der Waals surface area contributed by atoms with Crippen molar-refractivity contribution in [2.24, 2.45) is 23.7 Å². The molecule has 130 valence electrons. The number of likely N-dealkylation sites (tertiary alicyclic amines) is 1. The Morgan fingerprint density at radius 2 is 1.87 bits per heavy atom. The summed E-state index contributed by atoms with van der Waals surface area (Å²) in [6.07, 6.45) is 10.2. The lowest BCUT2D eigenvalue weighted by Gasteiger charge is -2.38. The molecular weight excluding hydrogens is 288 g/mol. The number of hydrogen-bond donors (Lipinski definition) is 1. The van der Waals surface area contributed by atoms with Gasteiger partial charge in [0.25, 0.3) is 0 Å². The van der Waals surface area contributed by atoms with Crippen molar-refractivity contribution in [3.63, 3.8) is 0 Å². The van der Waals surface area contributed by atoms with Crippen molar-refractivity contribution < 1.29 is 9.53 Å². The third kappa shape index (κ3) is 3.05. The molecular formula is C19H32N2O2. The molecule has 0 aromatic heterocycles. The van der Waals surface area contributed by atoms with E-state index in [4.69, 9.17) is 4.74 Å². The SMILES string of the molecule is COCCC(=O)N1CCC(N[C@@H]2C[C@H]3C[C@H]2[C@@H]2CCC[C@H]32)CC1. The maximum absolute atomic E-state index is 12.1. The number of hydrogen-bond acceptors (Lipinski definition) is 3. The van der Waals surface area contributed by atoms with Gasteiger partial charge in [0, 0.05) is 32.3 Å². The van der Waals surface area contributed by atoms with Gasteiger partial charge in [0.15, 0.2) is 0 Å². The Kier molecular flexibility index (Phi) is 4.64. The van der Waals surface area contributed by atoms with E-state index in [0.29, 0.717) is 19.1 Å². The molecule has 1 heterocycles. The van der Waals surface area contributed by atoms with Crippen LogP contribution in [-0.2, 0) is 9.53 Å². The zero-order valence-corrected chi connectivity index (χ0v) is 14.5. The van der Waals surface area contributed by atoms with Crippen LogP contribution in [0.3, 0.4) is 0 Å². The zero-order valence-electron chi connectivity index (χ0n) is 14.5. The van der Waals surface area contributed by atoms with Gasteiger partial charge in [0.1, 0.15) is 0 Å². The Hall–Kier alpha value is -0.610. The molecule has 0 unspecified atom stereocenters. The number of nitrogens with zero attached hydrogens (tertiary/aromatic N) is 1. The first-order valence-corrected chi connectivity index (χ1v) is 9.79. The van der Waals surface area contributed by atoms with Crippen LogP contribution in [0.1, 0.15) is 51.4 Å². The molecule has 4 heteroatoms. The molecule has 0 aromatic carbocycles. The number of carbonyl (C=O) groups excluding carboxylic acids is 1. The summed E-state index contributed by atoms with van der Waals surface area (Å²) in [6.45, 7) is 2.39. The highest BCUT2D eigenvalue weighted by Crippen LogP contribution is 2.58. The molecule has 2 bridgehead atoms. The van der Waals surface area contributed by atoms with Gasteiger partial charge in [-0.3, -0.25) is 4.79 Å². The Labute approximate surface area is 140 Å². The molecule has 1 saturated heterocycles. The minimum absolute atomic E-state index is 0.263. The average Bonchev–Trinajstić information content (AvgIpc) is 3.26. The first-order valence-electron chi connectivity index (χ1n) is 9.79. The van der Waals surface area contributed by atoms with Crippen LogP contribution in [0.5, 0.6) is 0 Å². The molecule has 0 spiro atoms. The molecule has 3 saturated carbocycles. The van der Waals surface area contributed by atoms with E-state index in [1.807, 2.05) is 4.90 Å². The van der Waals surface area contributed by atoms with E-state index < -0.39 is 0 Å². The van der Waals surface area contributed by atoms with Gasteiger partial charge < -0.3 is 15.0 Å². The summed E-state index contributed by atoms with van der Waals surface area (Å²) in [5.41, 5.74) is 0. The van der Waals surface area contributed by atoms with Gasteiger partial charge in [-0.2, -0.15) is 0 Å². The fourth-order valence-electron chi connectivity index (χ4n) is 6.21. The smallest absolute Gasteiger partial charge is 0.224 e. The molecule has 4 fully saturated rings. The second-order valence-corrected chi connectivity index (χ2v) is 8.32. The first kappa shape index (κ1) is 15.9. The molecule has 4 aliphatic rings. The van der Waals surface area contributed by atoms with Gasteiger partial charge in [0.2, 0.25) is 5.91 Å². The minimum atomic E-state index is 0.263. The summed E-state index contributed by atoms with van der Waals surface area (Å²) < 4.78 is 5.02. The van der Waals surface area contributed by atoms with Crippen LogP contribution in [0.4, 0.5) is 0 Å². The van der Waals surface area contributed by atoms with Crippen LogP contribution in [-0.4, -0.2) is 49.7 Å². The molecule has 4 nitrogen and oxygen atoms in total. The van der Waals surface area contributed by atoms with Crippen LogP contribution >= 0.6 is 0 Å². The molecule has 0 aromatic rings. The Morgan fingerprint density at radius 3 is 2.65 bits per heavy atom. The number of amides is 1. The van der Waals surface area contributed by atoms with E-state index in [9.17, 15) is 4.79 Å². The highest BCUT2D eigenvalue weighted by atomic mass is 16.5. The average molecular weight is 320 g/mol. The summed E-state index contributed by atoms with van der Waals surface area (Å²) in [5.74, 6) is 4.38. The third-order valence-electron chi connectivity index (χ3n) is 7.25. The first-order chi connectivity index (χ1) is 11.3. The summed E-state index contributed by atoms with van der Waals surface area (Å²) in [7, 11) is 1.66. The second-order valence-electron chi connectivity index (χ2n) is 8.32. The summed E-state index contributed by atoms with van der Waals surface area (Å²) in [6, 6.07) is 1.41. The number of rotatable bonds is 5. The normalized spacial score (nSPS) is 39.9. The monoisotopic (exact) mass is 320 g/mol. The maximum Gasteiger partial charge on any atom is 0.224 e. The molecule has 1 N–H and O–H groups in total. The Bertz CT molecular complexity index is 433. The van der Waals surface area contributed by atoms with E-state index in [-0.39, 0.29) is 5.91 Å². The Morgan fingerprint density at radius 1 is 1.09 bits per heavy atom. The lowest BCUT2D eigenvalue weighted by Crippen LogP contribution is -2.50.